The summed E-state index contributed by atoms with van der Waals surface area (Å²) in [7, 11) is -3.19. The van der Waals surface area contributed by atoms with Gasteiger partial charge in [0, 0.05) is 25.2 Å². The fourth-order valence-electron chi connectivity index (χ4n) is 2.48. The molecule has 0 amide bonds. The normalized spacial score (nSPS) is 27.6. The number of hydrogen-bond donors (Lipinski definition) is 1. The Morgan fingerprint density at radius 1 is 1.25 bits per heavy atom. The van der Waals surface area contributed by atoms with Gasteiger partial charge in [0.15, 0.2) is 9.84 Å². The van der Waals surface area contributed by atoms with Crippen LogP contribution in [0, 0.1) is 0 Å². The van der Waals surface area contributed by atoms with Crippen molar-refractivity contribution in [3.05, 3.63) is 12.4 Å². The minimum atomic E-state index is -3.19. The Morgan fingerprint density at radius 2 is 1.90 bits per heavy atom. The summed E-state index contributed by atoms with van der Waals surface area (Å²) >= 11 is 0. The summed E-state index contributed by atoms with van der Waals surface area (Å²) in [4.78, 5) is 10.9. The second-order valence-corrected chi connectivity index (χ2v) is 8.00. The molecular weight excluding hydrogens is 276 g/mol. The molecule has 6 nitrogen and oxygen atoms in total. The number of piperazine rings is 1. The Labute approximate surface area is 119 Å². The predicted octanol–water partition coefficient (Wildman–Crippen LogP) is 0.599. The van der Waals surface area contributed by atoms with Gasteiger partial charge in [0.25, 0.3) is 0 Å². The van der Waals surface area contributed by atoms with Crippen molar-refractivity contribution >= 4 is 15.8 Å². The van der Waals surface area contributed by atoms with Crippen LogP contribution in [0.15, 0.2) is 17.3 Å². The highest BCUT2D eigenvalue weighted by Crippen LogP contribution is 2.33. The van der Waals surface area contributed by atoms with E-state index in [0.29, 0.717) is 18.0 Å². The Bertz CT molecular complexity index is 583. The molecule has 2 aliphatic rings. The van der Waals surface area contributed by atoms with E-state index in [1.807, 2.05) is 0 Å². The van der Waals surface area contributed by atoms with Gasteiger partial charge in [-0.2, -0.15) is 0 Å². The average Bonchev–Trinajstić information content (AvgIpc) is 3.26. The van der Waals surface area contributed by atoms with E-state index in [1.54, 1.807) is 0 Å². The number of hydrogen-bond acceptors (Lipinski definition) is 6. The van der Waals surface area contributed by atoms with Crippen LogP contribution in [0.1, 0.15) is 26.7 Å². The SMILES string of the molecule is CC1CN[C@@H](C)CN1c1ncc(S(=O)(=O)C2CC2)cn1. The van der Waals surface area contributed by atoms with Gasteiger partial charge in [0.05, 0.1) is 17.6 Å². The maximum absolute atomic E-state index is 12.1. The van der Waals surface area contributed by atoms with Crippen LogP contribution >= 0.6 is 0 Å². The Morgan fingerprint density at radius 3 is 2.50 bits per heavy atom. The van der Waals surface area contributed by atoms with Gasteiger partial charge in [-0.1, -0.05) is 0 Å². The van der Waals surface area contributed by atoms with E-state index < -0.39 is 9.84 Å². The van der Waals surface area contributed by atoms with E-state index in [0.717, 1.165) is 25.9 Å². The minimum absolute atomic E-state index is 0.213. The standard InChI is InChI=1S/C13H20N4O2S/c1-9-8-17(10(2)5-14-9)13-15-6-12(7-16-13)20(18,19)11-3-4-11/h6-7,9-11,14H,3-5,8H2,1-2H3/t9-,10?/m0/s1. The number of nitrogens with one attached hydrogen (secondary N) is 1. The van der Waals surface area contributed by atoms with E-state index in [-0.39, 0.29) is 10.1 Å². The van der Waals surface area contributed by atoms with Crippen LogP contribution in [0.4, 0.5) is 5.95 Å². The minimum Gasteiger partial charge on any atom is -0.335 e. The van der Waals surface area contributed by atoms with Crippen LogP contribution in [0.3, 0.4) is 0 Å². The van der Waals surface area contributed by atoms with Crippen LogP contribution in [0.25, 0.3) is 0 Å². The molecular formula is C13H20N4O2S. The smallest absolute Gasteiger partial charge is 0.225 e. The van der Waals surface area contributed by atoms with Gasteiger partial charge < -0.3 is 10.2 Å². The van der Waals surface area contributed by atoms with Gasteiger partial charge in [-0.3, -0.25) is 0 Å². The van der Waals surface area contributed by atoms with Crippen LogP contribution in [-0.2, 0) is 9.84 Å². The number of rotatable bonds is 3. The molecule has 3 rings (SSSR count). The van der Waals surface area contributed by atoms with Crippen LogP contribution < -0.4 is 10.2 Å². The lowest BCUT2D eigenvalue weighted by Gasteiger charge is -2.37. The van der Waals surface area contributed by atoms with Crippen molar-refractivity contribution < 1.29 is 8.42 Å². The molecule has 1 N–H and O–H groups in total. The van der Waals surface area contributed by atoms with Crippen LogP contribution in [-0.4, -0.2) is 48.8 Å². The molecule has 1 saturated heterocycles. The molecule has 1 aliphatic heterocycles. The molecule has 110 valence electrons. The van der Waals surface area contributed by atoms with E-state index in [1.165, 1.54) is 12.4 Å². The van der Waals surface area contributed by atoms with Gasteiger partial charge >= 0.3 is 0 Å². The first-order chi connectivity index (χ1) is 9.48. The number of sulfone groups is 1. The maximum atomic E-state index is 12.1. The second kappa shape index (κ2) is 4.96. The van der Waals surface area contributed by atoms with Gasteiger partial charge in [-0.15, -0.1) is 0 Å². The molecule has 1 aromatic rings. The van der Waals surface area contributed by atoms with Gasteiger partial charge in [0.2, 0.25) is 5.95 Å². The molecule has 20 heavy (non-hydrogen) atoms. The fraction of sp³-hybridized carbons (Fsp3) is 0.692. The van der Waals surface area contributed by atoms with E-state index in [9.17, 15) is 8.42 Å². The van der Waals surface area contributed by atoms with Crippen LogP contribution in [0.2, 0.25) is 0 Å². The van der Waals surface area contributed by atoms with Crippen molar-refractivity contribution in [3.63, 3.8) is 0 Å². The molecule has 7 heteroatoms. The Hall–Kier alpha value is -1.21. The lowest BCUT2D eigenvalue weighted by Crippen LogP contribution is -2.55. The highest BCUT2D eigenvalue weighted by Gasteiger charge is 2.37. The van der Waals surface area contributed by atoms with Crippen molar-refractivity contribution in [2.24, 2.45) is 0 Å². The van der Waals surface area contributed by atoms with E-state index >= 15 is 0 Å². The molecule has 1 aromatic heterocycles. The molecule has 1 aliphatic carbocycles. The number of aromatic nitrogens is 2. The van der Waals surface area contributed by atoms with Crippen molar-refractivity contribution in [3.8, 4) is 0 Å². The van der Waals surface area contributed by atoms with Gasteiger partial charge in [-0.25, -0.2) is 18.4 Å². The topological polar surface area (TPSA) is 75.2 Å². The van der Waals surface area contributed by atoms with E-state index in [2.05, 4.69) is 34.0 Å². The predicted molar refractivity (Wildman–Crippen MR) is 76.5 cm³/mol. The third-order valence-electron chi connectivity index (χ3n) is 3.93. The highest BCUT2D eigenvalue weighted by molar-refractivity contribution is 7.92. The zero-order valence-corrected chi connectivity index (χ0v) is 12.6. The summed E-state index contributed by atoms with van der Waals surface area (Å²) in [6, 6.07) is 0.682. The third-order valence-corrected chi connectivity index (χ3v) is 6.14. The first kappa shape index (κ1) is 13.8. The summed E-state index contributed by atoms with van der Waals surface area (Å²) in [6.45, 7) is 5.93. The molecule has 0 aromatic carbocycles. The van der Waals surface area contributed by atoms with E-state index in [4.69, 9.17) is 0 Å². The van der Waals surface area contributed by atoms with Gasteiger partial charge in [-0.05, 0) is 26.7 Å². The fourth-order valence-corrected chi connectivity index (χ4v) is 4.02. The summed E-state index contributed by atoms with van der Waals surface area (Å²) in [5.41, 5.74) is 0. The average molecular weight is 296 g/mol. The quantitative estimate of drug-likeness (QED) is 0.880. The first-order valence-corrected chi connectivity index (χ1v) is 8.59. The molecule has 2 fully saturated rings. The largest absolute Gasteiger partial charge is 0.335 e. The first-order valence-electron chi connectivity index (χ1n) is 7.04. The van der Waals surface area contributed by atoms with Gasteiger partial charge in [0.1, 0.15) is 4.90 Å². The van der Waals surface area contributed by atoms with Crippen molar-refractivity contribution in [2.75, 3.05) is 18.0 Å². The molecule has 0 bridgehead atoms. The van der Waals surface area contributed by atoms with Crippen molar-refractivity contribution in [1.82, 2.24) is 15.3 Å². The Balaban J connectivity index is 1.82. The summed E-state index contributed by atoms with van der Waals surface area (Å²) < 4.78 is 24.2. The van der Waals surface area contributed by atoms with Crippen molar-refractivity contribution in [1.29, 1.82) is 0 Å². The molecule has 2 heterocycles. The lowest BCUT2D eigenvalue weighted by molar-refractivity contribution is 0.419. The summed E-state index contributed by atoms with van der Waals surface area (Å²) in [5, 5.41) is 3.18. The second-order valence-electron chi connectivity index (χ2n) is 5.77. The monoisotopic (exact) mass is 296 g/mol. The zero-order valence-electron chi connectivity index (χ0n) is 11.8. The lowest BCUT2D eigenvalue weighted by atomic mass is 10.1. The van der Waals surface area contributed by atoms with Crippen LogP contribution in [0.5, 0.6) is 0 Å². The van der Waals surface area contributed by atoms with Crippen molar-refractivity contribution in [2.45, 2.75) is 48.9 Å². The number of nitrogens with zero attached hydrogens (tertiary/aromatic N) is 3. The maximum Gasteiger partial charge on any atom is 0.225 e. The molecule has 2 atom stereocenters. The Kier molecular flexibility index (Phi) is 3.41. The third kappa shape index (κ3) is 2.52. The highest BCUT2D eigenvalue weighted by atomic mass is 32.2. The summed E-state index contributed by atoms with van der Waals surface area (Å²) in [6.07, 6.45) is 4.43. The molecule has 1 saturated carbocycles. The number of anilines is 1. The molecule has 1 unspecified atom stereocenters. The molecule has 0 radical (unpaired) electrons. The molecule has 0 spiro atoms. The zero-order chi connectivity index (χ0) is 14.3. The summed E-state index contributed by atoms with van der Waals surface area (Å²) in [5.74, 6) is 0.612.